The standard InChI is InChI=1S/C8H15O5P/c1-3-4-5-7(14(11,12)13)6(2)8(9)10/h3-5H2,1-2H3,(H,9,10)(H2,11,12,13)/b7-6+. The van der Waals surface area contributed by atoms with Crippen molar-refractivity contribution in [2.45, 2.75) is 33.1 Å². The Morgan fingerprint density at radius 2 is 1.86 bits per heavy atom. The number of hydrogen-bond donors (Lipinski definition) is 3. The Hall–Kier alpha value is -0.640. The van der Waals surface area contributed by atoms with Crippen LogP contribution in [0.5, 0.6) is 0 Å². The number of carboxylic acids is 1. The molecule has 0 atom stereocenters. The fourth-order valence-corrected chi connectivity index (χ4v) is 2.00. The summed E-state index contributed by atoms with van der Waals surface area (Å²) >= 11 is 0. The van der Waals surface area contributed by atoms with Crippen molar-refractivity contribution < 1.29 is 24.3 Å². The van der Waals surface area contributed by atoms with Crippen molar-refractivity contribution in [3.8, 4) is 0 Å². The van der Waals surface area contributed by atoms with Gasteiger partial charge in [0.15, 0.2) is 0 Å². The second-order valence-corrected chi connectivity index (χ2v) is 4.65. The van der Waals surface area contributed by atoms with Gasteiger partial charge in [-0.1, -0.05) is 13.3 Å². The van der Waals surface area contributed by atoms with Crippen molar-refractivity contribution in [1.82, 2.24) is 0 Å². The molecule has 0 heterocycles. The summed E-state index contributed by atoms with van der Waals surface area (Å²) < 4.78 is 11.0. The van der Waals surface area contributed by atoms with Gasteiger partial charge < -0.3 is 14.9 Å². The predicted octanol–water partition coefficient (Wildman–Crippen LogP) is 1.71. The minimum atomic E-state index is -4.42. The number of carboxylic acid groups (broad SMARTS) is 1. The lowest BCUT2D eigenvalue weighted by molar-refractivity contribution is -0.132. The van der Waals surface area contributed by atoms with Crippen molar-refractivity contribution in [3.63, 3.8) is 0 Å². The van der Waals surface area contributed by atoms with E-state index in [1.807, 2.05) is 6.92 Å². The van der Waals surface area contributed by atoms with Gasteiger partial charge in [0.25, 0.3) is 0 Å². The second kappa shape index (κ2) is 5.29. The summed E-state index contributed by atoms with van der Waals surface area (Å²) in [6.07, 6.45) is 1.47. The van der Waals surface area contributed by atoms with Crippen molar-refractivity contribution >= 4 is 13.6 Å². The number of carbonyl (C=O) groups is 1. The minimum absolute atomic E-state index is 0.138. The molecule has 0 spiro atoms. The van der Waals surface area contributed by atoms with Crippen LogP contribution in [0.3, 0.4) is 0 Å². The second-order valence-electron chi connectivity index (χ2n) is 3.02. The highest BCUT2D eigenvalue weighted by atomic mass is 31.2. The zero-order chi connectivity index (χ0) is 11.4. The SMILES string of the molecule is CCCC/C(=C(/C)C(=O)O)P(=O)(O)O. The van der Waals surface area contributed by atoms with E-state index in [1.54, 1.807) is 0 Å². The molecular formula is C8H15O5P. The minimum Gasteiger partial charge on any atom is -0.478 e. The first kappa shape index (κ1) is 13.4. The van der Waals surface area contributed by atoms with Crippen molar-refractivity contribution in [2.75, 3.05) is 0 Å². The van der Waals surface area contributed by atoms with Crippen LogP contribution in [0.4, 0.5) is 0 Å². The quantitative estimate of drug-likeness (QED) is 0.486. The third-order valence-corrected chi connectivity index (χ3v) is 3.13. The van der Waals surface area contributed by atoms with E-state index in [9.17, 15) is 9.36 Å². The number of hydrogen-bond acceptors (Lipinski definition) is 2. The van der Waals surface area contributed by atoms with Crippen LogP contribution in [-0.2, 0) is 9.36 Å². The van der Waals surface area contributed by atoms with E-state index in [0.29, 0.717) is 6.42 Å². The monoisotopic (exact) mass is 222 g/mol. The van der Waals surface area contributed by atoms with Crippen LogP contribution in [0.2, 0.25) is 0 Å². The molecule has 0 aliphatic carbocycles. The molecule has 0 fully saturated rings. The third-order valence-electron chi connectivity index (χ3n) is 1.87. The summed E-state index contributed by atoms with van der Waals surface area (Å²) in [5, 5.41) is 8.36. The normalized spacial score (nSPS) is 13.7. The molecule has 0 aromatic rings. The van der Waals surface area contributed by atoms with Crippen LogP contribution in [0.25, 0.3) is 0 Å². The fourth-order valence-electron chi connectivity index (χ4n) is 1.02. The first-order valence-electron chi connectivity index (χ1n) is 4.29. The van der Waals surface area contributed by atoms with Crippen LogP contribution in [-0.4, -0.2) is 20.9 Å². The lowest BCUT2D eigenvalue weighted by atomic mass is 10.2. The third kappa shape index (κ3) is 4.05. The van der Waals surface area contributed by atoms with Gasteiger partial charge in [-0.05, 0) is 19.8 Å². The molecule has 3 N–H and O–H groups in total. The summed E-state index contributed by atoms with van der Waals surface area (Å²) in [5.41, 5.74) is -0.244. The van der Waals surface area contributed by atoms with Crippen LogP contribution in [0, 0.1) is 0 Å². The highest BCUT2D eigenvalue weighted by Crippen LogP contribution is 2.49. The first-order chi connectivity index (χ1) is 6.30. The number of rotatable bonds is 5. The van der Waals surface area contributed by atoms with Gasteiger partial charge in [-0.2, -0.15) is 0 Å². The Bertz CT molecular complexity index is 288. The highest BCUT2D eigenvalue weighted by molar-refractivity contribution is 7.56. The van der Waals surface area contributed by atoms with Gasteiger partial charge in [0, 0.05) is 5.57 Å². The predicted molar refractivity (Wildman–Crippen MR) is 51.9 cm³/mol. The Morgan fingerprint density at radius 1 is 1.36 bits per heavy atom. The summed E-state index contributed by atoms with van der Waals surface area (Å²) in [4.78, 5) is 28.4. The summed E-state index contributed by atoms with van der Waals surface area (Å²) in [5.74, 6) is -1.28. The maximum atomic E-state index is 11.0. The van der Waals surface area contributed by atoms with E-state index in [1.165, 1.54) is 6.92 Å². The molecule has 0 radical (unpaired) electrons. The smallest absolute Gasteiger partial charge is 0.352 e. The lowest BCUT2D eigenvalue weighted by Crippen LogP contribution is -2.02. The molecule has 0 aliphatic heterocycles. The molecule has 5 nitrogen and oxygen atoms in total. The number of unbranched alkanes of at least 4 members (excludes halogenated alkanes) is 1. The molecule has 0 amide bonds. The van der Waals surface area contributed by atoms with E-state index in [2.05, 4.69) is 0 Å². The van der Waals surface area contributed by atoms with Crippen LogP contribution in [0.1, 0.15) is 33.1 Å². The van der Waals surface area contributed by atoms with Gasteiger partial charge in [0.2, 0.25) is 0 Å². The summed E-state index contributed by atoms with van der Waals surface area (Å²) in [6.45, 7) is 3.08. The molecule has 0 bridgehead atoms. The molecule has 82 valence electrons. The number of aliphatic carboxylic acids is 1. The molecule has 0 saturated carbocycles. The van der Waals surface area contributed by atoms with Gasteiger partial charge in [-0.15, -0.1) is 0 Å². The van der Waals surface area contributed by atoms with E-state index in [4.69, 9.17) is 14.9 Å². The molecule has 0 aromatic heterocycles. The number of allylic oxidation sites excluding steroid dienone is 1. The van der Waals surface area contributed by atoms with E-state index < -0.39 is 13.6 Å². The van der Waals surface area contributed by atoms with Crippen molar-refractivity contribution in [1.29, 1.82) is 0 Å². The first-order valence-corrected chi connectivity index (χ1v) is 5.91. The molecule has 0 aliphatic rings. The Morgan fingerprint density at radius 3 is 2.14 bits per heavy atom. The molecule has 6 heteroatoms. The molecule has 0 saturated heterocycles. The molecule has 0 aromatic carbocycles. The molecule has 0 rings (SSSR count). The molecule has 0 unspecified atom stereocenters. The van der Waals surface area contributed by atoms with Gasteiger partial charge in [-0.25, -0.2) is 4.79 Å². The summed E-state index contributed by atoms with van der Waals surface area (Å²) in [7, 11) is -4.42. The van der Waals surface area contributed by atoms with Gasteiger partial charge in [0.05, 0.1) is 5.31 Å². The Balaban J connectivity index is 5.00. The van der Waals surface area contributed by atoms with Crippen LogP contribution >= 0.6 is 7.60 Å². The maximum absolute atomic E-state index is 11.0. The van der Waals surface area contributed by atoms with E-state index in [0.717, 1.165) is 6.42 Å². The van der Waals surface area contributed by atoms with E-state index >= 15 is 0 Å². The molecule has 14 heavy (non-hydrogen) atoms. The Labute approximate surface area is 82.6 Å². The van der Waals surface area contributed by atoms with Crippen molar-refractivity contribution in [3.05, 3.63) is 10.9 Å². The highest BCUT2D eigenvalue weighted by Gasteiger charge is 2.25. The summed E-state index contributed by atoms with van der Waals surface area (Å²) in [6, 6.07) is 0. The largest absolute Gasteiger partial charge is 0.478 e. The average Bonchev–Trinajstić information content (AvgIpc) is 2.02. The molecular weight excluding hydrogens is 207 g/mol. The van der Waals surface area contributed by atoms with Gasteiger partial charge >= 0.3 is 13.6 Å². The maximum Gasteiger partial charge on any atom is 0.352 e. The topological polar surface area (TPSA) is 94.8 Å². The average molecular weight is 222 g/mol. The van der Waals surface area contributed by atoms with Crippen LogP contribution < -0.4 is 0 Å². The fraction of sp³-hybridized carbons (Fsp3) is 0.625. The van der Waals surface area contributed by atoms with Crippen LogP contribution in [0.15, 0.2) is 10.9 Å². The van der Waals surface area contributed by atoms with E-state index in [-0.39, 0.29) is 17.3 Å². The Kier molecular flexibility index (Phi) is 5.05. The zero-order valence-electron chi connectivity index (χ0n) is 8.23. The zero-order valence-corrected chi connectivity index (χ0v) is 9.12. The van der Waals surface area contributed by atoms with Gasteiger partial charge in [0.1, 0.15) is 0 Å². The lowest BCUT2D eigenvalue weighted by Gasteiger charge is -2.10. The van der Waals surface area contributed by atoms with Gasteiger partial charge in [-0.3, -0.25) is 4.57 Å². The van der Waals surface area contributed by atoms with Crippen molar-refractivity contribution in [2.24, 2.45) is 0 Å².